The Morgan fingerprint density at radius 1 is 1.43 bits per heavy atom. The lowest BCUT2D eigenvalue weighted by atomic mass is 9.97. The molecule has 0 amide bonds. The van der Waals surface area contributed by atoms with E-state index in [2.05, 4.69) is 22.1 Å². The number of piperidine rings is 1. The number of fused-ring (bicyclic) bond motifs is 1. The Hall–Kier alpha value is -2.08. The molecule has 1 aliphatic rings. The standard InChI is InChI=1S/C15H20N4O2/c1-10-6-13(9-19-8-12(7-16)17-14(10)19)18-4-2-11(3-5-18)15(20)21/h6,8-9,11H,2-5,7,16H2,1H3,(H,20,21). The van der Waals surface area contributed by atoms with Crippen LogP contribution in [0.15, 0.2) is 18.5 Å². The molecular formula is C15H20N4O2. The first-order valence-corrected chi connectivity index (χ1v) is 7.24. The summed E-state index contributed by atoms with van der Waals surface area (Å²) in [5, 5.41) is 9.07. The van der Waals surface area contributed by atoms with Crippen molar-refractivity contribution < 1.29 is 9.90 Å². The van der Waals surface area contributed by atoms with E-state index in [1.165, 1.54) is 0 Å². The Morgan fingerprint density at radius 3 is 2.76 bits per heavy atom. The number of hydrogen-bond donors (Lipinski definition) is 2. The fourth-order valence-corrected chi connectivity index (χ4v) is 2.96. The third kappa shape index (κ3) is 2.58. The van der Waals surface area contributed by atoms with Crippen molar-refractivity contribution in [2.45, 2.75) is 26.3 Å². The molecule has 3 rings (SSSR count). The average molecular weight is 288 g/mol. The summed E-state index contributed by atoms with van der Waals surface area (Å²) in [5.41, 5.74) is 9.67. The number of aliphatic carboxylic acids is 1. The number of anilines is 1. The van der Waals surface area contributed by atoms with Gasteiger partial charge in [-0.15, -0.1) is 0 Å². The highest BCUT2D eigenvalue weighted by Crippen LogP contribution is 2.25. The van der Waals surface area contributed by atoms with Gasteiger partial charge in [0.2, 0.25) is 0 Å². The number of aryl methyl sites for hydroxylation is 1. The van der Waals surface area contributed by atoms with Crippen LogP contribution in [-0.2, 0) is 11.3 Å². The van der Waals surface area contributed by atoms with Gasteiger partial charge in [0.25, 0.3) is 0 Å². The van der Waals surface area contributed by atoms with Gasteiger partial charge in [0.05, 0.1) is 17.3 Å². The Kier molecular flexibility index (Phi) is 3.55. The van der Waals surface area contributed by atoms with Crippen LogP contribution in [0.5, 0.6) is 0 Å². The zero-order chi connectivity index (χ0) is 15.0. The molecule has 112 valence electrons. The SMILES string of the molecule is Cc1cc(N2CCC(C(=O)O)CC2)cn2cc(CN)nc12. The highest BCUT2D eigenvalue weighted by molar-refractivity contribution is 5.70. The minimum absolute atomic E-state index is 0.205. The van der Waals surface area contributed by atoms with Crippen LogP contribution in [0.2, 0.25) is 0 Å². The summed E-state index contributed by atoms with van der Waals surface area (Å²) in [4.78, 5) is 17.8. The van der Waals surface area contributed by atoms with Crippen molar-refractivity contribution in [2.24, 2.45) is 11.7 Å². The second-order valence-electron chi connectivity index (χ2n) is 5.65. The Labute approximate surface area is 123 Å². The number of hydrogen-bond acceptors (Lipinski definition) is 4. The topological polar surface area (TPSA) is 83.9 Å². The fraction of sp³-hybridized carbons (Fsp3) is 0.467. The lowest BCUT2D eigenvalue weighted by Gasteiger charge is -2.32. The van der Waals surface area contributed by atoms with Gasteiger partial charge in [-0.3, -0.25) is 4.79 Å². The molecule has 6 nitrogen and oxygen atoms in total. The van der Waals surface area contributed by atoms with Gasteiger partial charge in [-0.05, 0) is 31.4 Å². The number of carboxylic acids is 1. The van der Waals surface area contributed by atoms with Gasteiger partial charge in [0.1, 0.15) is 5.65 Å². The smallest absolute Gasteiger partial charge is 0.306 e. The maximum atomic E-state index is 11.0. The summed E-state index contributed by atoms with van der Waals surface area (Å²) in [6.07, 6.45) is 5.40. The van der Waals surface area contributed by atoms with Gasteiger partial charge in [0.15, 0.2) is 0 Å². The van der Waals surface area contributed by atoms with Crippen LogP contribution >= 0.6 is 0 Å². The molecule has 21 heavy (non-hydrogen) atoms. The molecule has 0 aliphatic carbocycles. The number of carboxylic acid groups (broad SMARTS) is 1. The predicted molar refractivity (Wildman–Crippen MR) is 80.4 cm³/mol. The molecule has 1 saturated heterocycles. The number of nitrogens with two attached hydrogens (primary N) is 1. The van der Waals surface area contributed by atoms with Gasteiger partial charge >= 0.3 is 5.97 Å². The molecule has 3 heterocycles. The van der Waals surface area contributed by atoms with Crippen LogP contribution < -0.4 is 10.6 Å². The second kappa shape index (κ2) is 5.37. The van der Waals surface area contributed by atoms with E-state index in [9.17, 15) is 4.79 Å². The van der Waals surface area contributed by atoms with Gasteiger partial charge < -0.3 is 20.1 Å². The molecule has 0 bridgehead atoms. The van der Waals surface area contributed by atoms with Crippen molar-refractivity contribution in [2.75, 3.05) is 18.0 Å². The van der Waals surface area contributed by atoms with Crippen LogP contribution in [0.3, 0.4) is 0 Å². The molecule has 0 aromatic carbocycles. The number of pyridine rings is 1. The summed E-state index contributed by atoms with van der Waals surface area (Å²) < 4.78 is 2.01. The highest BCUT2D eigenvalue weighted by Gasteiger charge is 2.25. The molecule has 1 fully saturated rings. The number of nitrogens with zero attached hydrogens (tertiary/aromatic N) is 3. The summed E-state index contributed by atoms with van der Waals surface area (Å²) in [6.45, 7) is 4.03. The van der Waals surface area contributed by atoms with Crippen LogP contribution in [-0.4, -0.2) is 33.6 Å². The molecule has 0 spiro atoms. The van der Waals surface area contributed by atoms with E-state index in [-0.39, 0.29) is 5.92 Å². The van der Waals surface area contributed by atoms with Gasteiger partial charge in [0, 0.05) is 32.0 Å². The molecule has 0 atom stereocenters. The van der Waals surface area contributed by atoms with E-state index in [0.29, 0.717) is 19.4 Å². The molecule has 3 N–H and O–H groups in total. The minimum Gasteiger partial charge on any atom is -0.481 e. The maximum Gasteiger partial charge on any atom is 0.306 e. The van der Waals surface area contributed by atoms with Crippen molar-refractivity contribution in [1.29, 1.82) is 0 Å². The Balaban J connectivity index is 1.86. The molecule has 1 aliphatic heterocycles. The largest absolute Gasteiger partial charge is 0.481 e. The van der Waals surface area contributed by atoms with Crippen molar-refractivity contribution in [3.05, 3.63) is 29.7 Å². The van der Waals surface area contributed by atoms with E-state index in [1.54, 1.807) is 0 Å². The average Bonchev–Trinajstić information content (AvgIpc) is 2.91. The van der Waals surface area contributed by atoms with E-state index in [4.69, 9.17) is 10.8 Å². The van der Waals surface area contributed by atoms with Crippen LogP contribution in [0.25, 0.3) is 5.65 Å². The van der Waals surface area contributed by atoms with Crippen LogP contribution in [0, 0.1) is 12.8 Å². The van der Waals surface area contributed by atoms with Crippen molar-refractivity contribution in [3.8, 4) is 0 Å². The van der Waals surface area contributed by atoms with E-state index in [1.807, 2.05) is 17.5 Å². The highest BCUT2D eigenvalue weighted by atomic mass is 16.4. The van der Waals surface area contributed by atoms with Crippen molar-refractivity contribution in [3.63, 3.8) is 0 Å². The molecule has 6 heteroatoms. The molecule has 2 aromatic heterocycles. The third-order valence-electron chi connectivity index (χ3n) is 4.19. The lowest BCUT2D eigenvalue weighted by molar-refractivity contribution is -0.142. The van der Waals surface area contributed by atoms with E-state index >= 15 is 0 Å². The molecule has 0 radical (unpaired) electrons. The summed E-state index contributed by atoms with van der Waals surface area (Å²) in [6, 6.07) is 2.11. The van der Waals surface area contributed by atoms with E-state index < -0.39 is 5.97 Å². The van der Waals surface area contributed by atoms with Crippen molar-refractivity contribution >= 4 is 17.3 Å². The maximum absolute atomic E-state index is 11.0. The molecule has 0 saturated carbocycles. The van der Waals surface area contributed by atoms with Crippen LogP contribution in [0.4, 0.5) is 5.69 Å². The first kappa shape index (κ1) is 13.9. The molecular weight excluding hydrogens is 268 g/mol. The number of imidazole rings is 1. The monoisotopic (exact) mass is 288 g/mol. The summed E-state index contributed by atoms with van der Waals surface area (Å²) in [5.74, 6) is -0.883. The Bertz CT molecular complexity index is 672. The Morgan fingerprint density at radius 2 is 2.14 bits per heavy atom. The summed E-state index contributed by atoms with van der Waals surface area (Å²) >= 11 is 0. The quantitative estimate of drug-likeness (QED) is 0.892. The van der Waals surface area contributed by atoms with Crippen molar-refractivity contribution in [1.82, 2.24) is 9.38 Å². The van der Waals surface area contributed by atoms with Gasteiger partial charge in [-0.2, -0.15) is 0 Å². The molecule has 2 aromatic rings. The second-order valence-corrected chi connectivity index (χ2v) is 5.65. The zero-order valence-electron chi connectivity index (χ0n) is 12.1. The van der Waals surface area contributed by atoms with Crippen LogP contribution in [0.1, 0.15) is 24.1 Å². The fourth-order valence-electron chi connectivity index (χ4n) is 2.96. The van der Waals surface area contributed by atoms with E-state index in [0.717, 1.165) is 35.7 Å². The third-order valence-corrected chi connectivity index (χ3v) is 4.19. The first-order valence-electron chi connectivity index (χ1n) is 7.24. The summed E-state index contributed by atoms with van der Waals surface area (Å²) in [7, 11) is 0. The number of rotatable bonds is 3. The predicted octanol–water partition coefficient (Wildman–Crippen LogP) is 1.40. The lowest BCUT2D eigenvalue weighted by Crippen LogP contribution is -2.36. The zero-order valence-corrected chi connectivity index (χ0v) is 12.1. The minimum atomic E-state index is -0.677. The first-order chi connectivity index (χ1) is 10.1. The normalized spacial score (nSPS) is 16.6. The molecule has 0 unspecified atom stereocenters. The van der Waals surface area contributed by atoms with Gasteiger partial charge in [-0.25, -0.2) is 4.98 Å². The van der Waals surface area contributed by atoms with Gasteiger partial charge in [-0.1, -0.05) is 0 Å². The number of carbonyl (C=O) groups is 1. The number of aromatic nitrogens is 2.